The molecule has 0 amide bonds. The van der Waals surface area contributed by atoms with Crippen LogP contribution in [0.25, 0.3) is 0 Å². The van der Waals surface area contributed by atoms with Crippen molar-refractivity contribution in [2.45, 2.75) is 132 Å². The van der Waals surface area contributed by atoms with Crippen LogP contribution in [0.2, 0.25) is 0 Å². The predicted octanol–water partition coefficient (Wildman–Crippen LogP) is 8.06. The number of hydrogen-bond acceptors (Lipinski definition) is 3. The van der Waals surface area contributed by atoms with E-state index in [1.807, 2.05) is 5.57 Å². The molecule has 0 aromatic rings. The lowest BCUT2D eigenvalue weighted by molar-refractivity contribution is -0.316. The first kappa shape index (κ1) is 25.8. The summed E-state index contributed by atoms with van der Waals surface area (Å²) >= 11 is 0. The van der Waals surface area contributed by atoms with Crippen LogP contribution >= 0.6 is 0 Å². The summed E-state index contributed by atoms with van der Waals surface area (Å²) in [5, 5.41) is 11.6. The Bertz CT molecular complexity index is 946. The third-order valence-corrected chi connectivity index (χ3v) is 13.5. The summed E-state index contributed by atoms with van der Waals surface area (Å²) in [6.07, 6.45) is 14.4. The zero-order chi connectivity index (χ0) is 25.9. The third kappa shape index (κ3) is 3.28. The lowest BCUT2D eigenvalue weighted by Crippen LogP contribution is -2.67. The molecule has 5 aliphatic carbocycles. The van der Waals surface area contributed by atoms with E-state index in [-0.39, 0.29) is 22.2 Å². The van der Waals surface area contributed by atoms with Gasteiger partial charge in [-0.15, -0.1) is 0 Å². The number of allylic oxidation sites excluding steroid dienone is 2. The number of aliphatic hydroxyl groups is 1. The second-order valence-corrected chi connectivity index (χ2v) is 16.0. The minimum absolute atomic E-state index is 0.139. The highest BCUT2D eigenvalue weighted by molar-refractivity contribution is 5.66. The molecule has 1 unspecified atom stereocenters. The number of hydrogen-bond donors (Lipinski definition) is 1. The van der Waals surface area contributed by atoms with E-state index in [2.05, 4.69) is 61.5 Å². The zero-order valence-corrected chi connectivity index (χ0v) is 24.1. The maximum atomic E-state index is 11.9. The number of rotatable bonds is 1. The minimum Gasteiger partial charge on any atom is -0.433 e. The number of carbonyl (C=O) groups is 1. The first-order valence-corrected chi connectivity index (χ1v) is 14.6. The molecule has 0 spiro atoms. The average molecular weight is 485 g/mol. The van der Waals surface area contributed by atoms with Gasteiger partial charge in [-0.3, -0.25) is 4.79 Å². The summed E-state index contributed by atoms with van der Waals surface area (Å²) < 4.78 is 5.65. The van der Waals surface area contributed by atoms with E-state index in [9.17, 15) is 9.90 Å². The van der Waals surface area contributed by atoms with E-state index >= 15 is 0 Å². The van der Waals surface area contributed by atoms with Crippen molar-refractivity contribution >= 4 is 5.97 Å². The van der Waals surface area contributed by atoms with Crippen LogP contribution in [0.15, 0.2) is 11.6 Å². The van der Waals surface area contributed by atoms with Crippen LogP contribution in [0.1, 0.15) is 127 Å². The van der Waals surface area contributed by atoms with Crippen LogP contribution in [0.3, 0.4) is 0 Å². The fourth-order valence-corrected chi connectivity index (χ4v) is 10.9. The van der Waals surface area contributed by atoms with Crippen LogP contribution in [-0.4, -0.2) is 16.9 Å². The Balaban J connectivity index is 1.54. The van der Waals surface area contributed by atoms with Crippen molar-refractivity contribution in [1.82, 2.24) is 0 Å². The van der Waals surface area contributed by atoms with Crippen LogP contribution < -0.4 is 0 Å². The van der Waals surface area contributed by atoms with Crippen molar-refractivity contribution in [2.75, 3.05) is 0 Å². The fraction of sp³-hybridized carbons (Fsp3) is 0.906. The molecule has 0 aliphatic heterocycles. The monoisotopic (exact) mass is 484 g/mol. The van der Waals surface area contributed by atoms with E-state index in [0.29, 0.717) is 29.1 Å². The maximum Gasteiger partial charge on any atom is 0.305 e. The van der Waals surface area contributed by atoms with Crippen molar-refractivity contribution in [3.8, 4) is 0 Å². The molecule has 0 aromatic heterocycles. The van der Waals surface area contributed by atoms with Gasteiger partial charge in [-0.05, 0) is 103 Å². The Labute approximate surface area is 214 Å². The van der Waals surface area contributed by atoms with Gasteiger partial charge in [0.25, 0.3) is 0 Å². The molecule has 5 aliphatic rings. The van der Waals surface area contributed by atoms with Crippen molar-refractivity contribution < 1.29 is 14.6 Å². The van der Waals surface area contributed by atoms with Gasteiger partial charge in [0, 0.05) is 18.8 Å². The molecule has 1 N–H and O–H groups in total. The predicted molar refractivity (Wildman–Crippen MR) is 141 cm³/mol. The van der Waals surface area contributed by atoms with E-state index in [1.165, 1.54) is 51.9 Å². The Kier molecular flexibility index (Phi) is 5.45. The maximum absolute atomic E-state index is 11.9. The second-order valence-electron chi connectivity index (χ2n) is 16.0. The summed E-state index contributed by atoms with van der Waals surface area (Å²) in [6.45, 7) is 21.1. The highest BCUT2D eigenvalue weighted by Gasteiger charge is 2.70. The van der Waals surface area contributed by atoms with E-state index in [0.717, 1.165) is 18.8 Å². The number of carbonyl (C=O) groups excluding carboxylic acids is 1. The molecule has 4 saturated carbocycles. The molecular formula is C32H52O3. The molecule has 3 nitrogen and oxygen atoms in total. The number of esters is 1. The van der Waals surface area contributed by atoms with Gasteiger partial charge in [0.2, 0.25) is 5.79 Å². The molecule has 0 radical (unpaired) electrons. The van der Waals surface area contributed by atoms with Crippen molar-refractivity contribution in [2.24, 2.45) is 50.2 Å². The lowest BCUT2D eigenvalue weighted by Gasteiger charge is -2.72. The molecule has 4 fully saturated rings. The van der Waals surface area contributed by atoms with E-state index < -0.39 is 11.2 Å². The molecule has 0 bridgehead atoms. The Morgan fingerprint density at radius 1 is 0.886 bits per heavy atom. The molecule has 0 heterocycles. The fourth-order valence-electron chi connectivity index (χ4n) is 10.9. The van der Waals surface area contributed by atoms with E-state index in [1.54, 1.807) is 0 Å². The first-order valence-electron chi connectivity index (χ1n) is 14.6. The third-order valence-electron chi connectivity index (χ3n) is 13.5. The standard InChI is InChI=1S/C32H52O3/c1-21(33)35-32(34)19-17-29(7)24(27(32,4)5)12-13-31(9)25(29)11-10-22-23-20-26(2,3)14-15-28(23,6)16-18-30(22,31)8/h10,23-25,34H,11-20H2,1-9H3/t23-,24?,25-,28-,29+,30-,31-,32+/m1/s1. The summed E-state index contributed by atoms with van der Waals surface area (Å²) in [4.78, 5) is 11.9. The molecular weight excluding hydrogens is 432 g/mol. The highest BCUT2D eigenvalue weighted by Crippen LogP contribution is 2.76. The van der Waals surface area contributed by atoms with Gasteiger partial charge in [0.05, 0.1) is 0 Å². The van der Waals surface area contributed by atoms with Crippen molar-refractivity contribution in [3.63, 3.8) is 0 Å². The summed E-state index contributed by atoms with van der Waals surface area (Å²) in [6, 6.07) is 0. The molecule has 35 heavy (non-hydrogen) atoms. The zero-order valence-electron chi connectivity index (χ0n) is 24.1. The second kappa shape index (κ2) is 7.39. The summed E-state index contributed by atoms with van der Waals surface area (Å²) in [5.74, 6) is -0.0679. The number of fused-ring (bicyclic) bond motifs is 7. The Morgan fingerprint density at radius 3 is 2.20 bits per heavy atom. The average Bonchev–Trinajstić information content (AvgIpc) is 2.73. The van der Waals surface area contributed by atoms with Crippen LogP contribution in [0, 0.1) is 50.2 Å². The molecule has 8 atom stereocenters. The van der Waals surface area contributed by atoms with Crippen molar-refractivity contribution in [3.05, 3.63) is 11.6 Å². The Morgan fingerprint density at radius 2 is 1.54 bits per heavy atom. The van der Waals surface area contributed by atoms with Crippen molar-refractivity contribution in [1.29, 1.82) is 0 Å². The highest BCUT2D eigenvalue weighted by atomic mass is 16.7. The minimum atomic E-state index is -1.36. The molecule has 0 saturated heterocycles. The van der Waals surface area contributed by atoms with Crippen LogP contribution in [-0.2, 0) is 9.53 Å². The molecule has 3 heteroatoms. The lowest BCUT2D eigenvalue weighted by atomic mass is 9.33. The summed E-state index contributed by atoms with van der Waals surface area (Å²) in [7, 11) is 0. The Hall–Kier alpha value is -0.830. The van der Waals surface area contributed by atoms with Crippen LogP contribution in [0.5, 0.6) is 0 Å². The number of ether oxygens (including phenoxy) is 1. The topological polar surface area (TPSA) is 46.5 Å². The SMILES string of the molecule is CC(=O)O[C@@]1(O)CC[C@@]2(C)C(CC[C@]3(C)[C@@H]2CC=C2[C@H]4CC(C)(C)CC[C@]4(C)CC[C@]23C)C1(C)C. The molecule has 5 rings (SSSR count). The van der Waals surface area contributed by atoms with Crippen LogP contribution in [0.4, 0.5) is 0 Å². The van der Waals surface area contributed by atoms with Gasteiger partial charge in [-0.2, -0.15) is 0 Å². The molecule has 0 aromatic carbocycles. The van der Waals surface area contributed by atoms with E-state index in [4.69, 9.17) is 4.74 Å². The van der Waals surface area contributed by atoms with Gasteiger partial charge >= 0.3 is 5.97 Å². The summed E-state index contributed by atoms with van der Waals surface area (Å²) in [5.41, 5.74) is 2.94. The molecule has 198 valence electrons. The van der Waals surface area contributed by atoms with Gasteiger partial charge in [0.1, 0.15) is 0 Å². The van der Waals surface area contributed by atoms with Gasteiger partial charge in [-0.1, -0.05) is 67.0 Å². The van der Waals surface area contributed by atoms with Gasteiger partial charge < -0.3 is 9.84 Å². The van der Waals surface area contributed by atoms with Gasteiger partial charge in [-0.25, -0.2) is 0 Å². The smallest absolute Gasteiger partial charge is 0.305 e. The first-order chi connectivity index (χ1) is 15.9. The van der Waals surface area contributed by atoms with Gasteiger partial charge in [0.15, 0.2) is 0 Å². The quantitative estimate of drug-likeness (QED) is 0.232. The largest absolute Gasteiger partial charge is 0.433 e. The normalized spacial score (nSPS) is 52.2.